The molecule has 0 aliphatic carbocycles. The summed E-state index contributed by atoms with van der Waals surface area (Å²) in [6.07, 6.45) is 4.23. The molecule has 20 heavy (non-hydrogen) atoms. The number of benzene rings is 2. The predicted molar refractivity (Wildman–Crippen MR) is 77.8 cm³/mol. The first-order valence-electron chi connectivity index (χ1n) is 6.00. The van der Waals surface area contributed by atoms with Gasteiger partial charge in [-0.25, -0.2) is 4.79 Å². The second kappa shape index (κ2) is 6.89. The lowest BCUT2D eigenvalue weighted by molar-refractivity contribution is -0.131. The minimum atomic E-state index is -0.966. The molecule has 0 unspecified atom stereocenters. The van der Waals surface area contributed by atoms with Crippen LogP contribution in [-0.2, 0) is 4.79 Å². The lowest BCUT2D eigenvalue weighted by Gasteiger charge is -1.97. The number of carbonyl (C=O) groups is 1. The van der Waals surface area contributed by atoms with E-state index >= 15 is 0 Å². The van der Waals surface area contributed by atoms with Crippen LogP contribution in [-0.4, -0.2) is 17.3 Å². The molecular formula is C16H13NO3. The number of carboxylic acid groups (broad SMARTS) is 1. The molecule has 0 saturated carbocycles. The highest BCUT2D eigenvalue weighted by Crippen LogP contribution is 2.09. The van der Waals surface area contributed by atoms with Crippen LogP contribution in [0.2, 0.25) is 0 Å². The fourth-order valence-corrected chi connectivity index (χ4v) is 1.49. The average molecular weight is 267 g/mol. The number of para-hydroxylation sites is 1. The van der Waals surface area contributed by atoms with Gasteiger partial charge in [-0.15, -0.1) is 0 Å². The second-order valence-corrected chi connectivity index (χ2v) is 3.98. The number of nitrogens with zero attached hydrogens (tertiary/aromatic N) is 1. The standard InChI is InChI=1S/C16H13NO3/c18-16(19)11-10-13-6-8-14(9-7-13)12-17-20-15-4-2-1-3-5-15/h1-12H,(H,18,19). The smallest absolute Gasteiger partial charge is 0.328 e. The van der Waals surface area contributed by atoms with Gasteiger partial charge in [-0.05, 0) is 29.3 Å². The van der Waals surface area contributed by atoms with Crippen LogP contribution >= 0.6 is 0 Å². The Hall–Kier alpha value is -2.88. The van der Waals surface area contributed by atoms with E-state index in [0.29, 0.717) is 5.75 Å². The normalized spacial score (nSPS) is 11.0. The van der Waals surface area contributed by atoms with Crippen LogP contribution in [0.15, 0.2) is 65.8 Å². The monoisotopic (exact) mass is 267 g/mol. The van der Waals surface area contributed by atoms with Gasteiger partial charge in [0.05, 0.1) is 6.21 Å². The molecular weight excluding hydrogens is 254 g/mol. The Morgan fingerprint density at radius 2 is 1.65 bits per heavy atom. The van der Waals surface area contributed by atoms with Crippen LogP contribution in [0.25, 0.3) is 6.08 Å². The molecule has 4 nitrogen and oxygen atoms in total. The molecule has 1 N–H and O–H groups in total. The molecule has 0 radical (unpaired) electrons. The third-order valence-corrected chi connectivity index (χ3v) is 2.46. The van der Waals surface area contributed by atoms with Gasteiger partial charge < -0.3 is 9.94 Å². The van der Waals surface area contributed by atoms with Crippen LogP contribution in [0, 0.1) is 0 Å². The van der Waals surface area contributed by atoms with Gasteiger partial charge in [-0.1, -0.05) is 47.6 Å². The van der Waals surface area contributed by atoms with Crippen molar-refractivity contribution in [3.05, 3.63) is 71.8 Å². The van der Waals surface area contributed by atoms with Crippen molar-refractivity contribution < 1.29 is 14.7 Å². The minimum absolute atomic E-state index is 0.671. The molecule has 100 valence electrons. The number of aliphatic carboxylic acids is 1. The Morgan fingerprint density at radius 3 is 2.30 bits per heavy atom. The summed E-state index contributed by atoms with van der Waals surface area (Å²) in [5.74, 6) is -0.295. The first-order chi connectivity index (χ1) is 9.74. The SMILES string of the molecule is O=C(O)C=Cc1ccc(C=NOc2ccccc2)cc1. The number of hydrogen-bond donors (Lipinski definition) is 1. The number of carboxylic acids is 1. The molecule has 4 heteroatoms. The average Bonchev–Trinajstić information content (AvgIpc) is 2.47. The van der Waals surface area contributed by atoms with Crippen molar-refractivity contribution in [2.75, 3.05) is 0 Å². The summed E-state index contributed by atoms with van der Waals surface area (Å²) in [5, 5.41) is 12.4. The van der Waals surface area contributed by atoms with Gasteiger partial charge >= 0.3 is 5.97 Å². The Bertz CT molecular complexity index is 616. The second-order valence-electron chi connectivity index (χ2n) is 3.98. The number of rotatable bonds is 5. The quantitative estimate of drug-likeness (QED) is 0.514. The summed E-state index contributed by atoms with van der Waals surface area (Å²) in [6.45, 7) is 0. The Balaban J connectivity index is 1.95. The molecule has 0 aliphatic rings. The summed E-state index contributed by atoms with van der Waals surface area (Å²) >= 11 is 0. The molecule has 2 rings (SSSR count). The van der Waals surface area contributed by atoms with Gasteiger partial charge in [0, 0.05) is 6.08 Å². The van der Waals surface area contributed by atoms with Gasteiger partial charge in [0.1, 0.15) is 0 Å². The molecule has 0 bridgehead atoms. The summed E-state index contributed by atoms with van der Waals surface area (Å²) in [6, 6.07) is 16.6. The third kappa shape index (κ3) is 4.42. The third-order valence-electron chi connectivity index (χ3n) is 2.46. The van der Waals surface area contributed by atoms with Gasteiger partial charge in [-0.2, -0.15) is 0 Å². The summed E-state index contributed by atoms with van der Waals surface area (Å²) in [4.78, 5) is 15.6. The first-order valence-corrected chi connectivity index (χ1v) is 6.00. The molecule has 0 aliphatic heterocycles. The largest absolute Gasteiger partial charge is 0.478 e. The number of oxime groups is 1. The number of hydrogen-bond acceptors (Lipinski definition) is 3. The highest BCUT2D eigenvalue weighted by Gasteiger charge is 1.92. The van der Waals surface area contributed by atoms with E-state index in [1.807, 2.05) is 54.6 Å². The molecule has 0 amide bonds. The zero-order valence-corrected chi connectivity index (χ0v) is 10.6. The van der Waals surface area contributed by atoms with E-state index in [0.717, 1.165) is 17.2 Å². The maximum atomic E-state index is 10.4. The van der Waals surface area contributed by atoms with Crippen molar-refractivity contribution in [2.24, 2.45) is 5.16 Å². The van der Waals surface area contributed by atoms with E-state index in [-0.39, 0.29) is 0 Å². The lowest BCUT2D eigenvalue weighted by atomic mass is 10.1. The van der Waals surface area contributed by atoms with Crippen molar-refractivity contribution in [1.29, 1.82) is 0 Å². The maximum Gasteiger partial charge on any atom is 0.328 e. The van der Waals surface area contributed by atoms with Crippen molar-refractivity contribution >= 4 is 18.3 Å². The van der Waals surface area contributed by atoms with Crippen molar-refractivity contribution in [3.63, 3.8) is 0 Å². The Kier molecular flexibility index (Phi) is 4.67. The lowest BCUT2D eigenvalue weighted by Crippen LogP contribution is -1.88. The van der Waals surface area contributed by atoms with E-state index in [1.54, 1.807) is 6.21 Å². The zero-order valence-electron chi connectivity index (χ0n) is 10.6. The van der Waals surface area contributed by atoms with Crippen molar-refractivity contribution in [1.82, 2.24) is 0 Å². The van der Waals surface area contributed by atoms with E-state index in [9.17, 15) is 4.79 Å². The van der Waals surface area contributed by atoms with Crippen LogP contribution in [0.5, 0.6) is 5.75 Å². The molecule has 0 aromatic heterocycles. The summed E-state index contributed by atoms with van der Waals surface area (Å²) in [7, 11) is 0. The molecule has 0 saturated heterocycles. The van der Waals surface area contributed by atoms with E-state index < -0.39 is 5.97 Å². The van der Waals surface area contributed by atoms with Crippen LogP contribution in [0.4, 0.5) is 0 Å². The molecule has 2 aromatic rings. The fraction of sp³-hybridized carbons (Fsp3) is 0. The highest BCUT2D eigenvalue weighted by molar-refractivity contribution is 5.85. The van der Waals surface area contributed by atoms with Gasteiger partial charge in [0.2, 0.25) is 0 Å². The predicted octanol–water partition coefficient (Wildman–Crippen LogP) is 3.20. The van der Waals surface area contributed by atoms with E-state index in [2.05, 4.69) is 5.16 Å². The molecule has 0 heterocycles. The van der Waals surface area contributed by atoms with Crippen LogP contribution < -0.4 is 4.84 Å². The fourth-order valence-electron chi connectivity index (χ4n) is 1.49. The first kappa shape index (κ1) is 13.5. The zero-order chi connectivity index (χ0) is 14.2. The van der Waals surface area contributed by atoms with Crippen LogP contribution in [0.1, 0.15) is 11.1 Å². The van der Waals surface area contributed by atoms with Gasteiger partial charge in [0.15, 0.2) is 5.75 Å². The van der Waals surface area contributed by atoms with Crippen molar-refractivity contribution in [2.45, 2.75) is 0 Å². The summed E-state index contributed by atoms with van der Waals surface area (Å²) < 4.78 is 0. The minimum Gasteiger partial charge on any atom is -0.478 e. The Morgan fingerprint density at radius 1 is 1.00 bits per heavy atom. The van der Waals surface area contributed by atoms with Crippen LogP contribution in [0.3, 0.4) is 0 Å². The Labute approximate surface area is 116 Å². The molecule has 0 spiro atoms. The van der Waals surface area contributed by atoms with E-state index in [1.165, 1.54) is 6.08 Å². The van der Waals surface area contributed by atoms with Gasteiger partial charge in [0.25, 0.3) is 0 Å². The van der Waals surface area contributed by atoms with E-state index in [4.69, 9.17) is 9.94 Å². The van der Waals surface area contributed by atoms with Crippen molar-refractivity contribution in [3.8, 4) is 5.75 Å². The maximum absolute atomic E-state index is 10.4. The topological polar surface area (TPSA) is 58.9 Å². The van der Waals surface area contributed by atoms with Gasteiger partial charge in [-0.3, -0.25) is 0 Å². The summed E-state index contributed by atoms with van der Waals surface area (Å²) in [5.41, 5.74) is 1.68. The highest BCUT2D eigenvalue weighted by atomic mass is 16.6. The molecule has 2 aromatic carbocycles. The molecule has 0 atom stereocenters. The molecule has 0 fully saturated rings.